The second-order valence-electron chi connectivity index (χ2n) is 5.75. The van der Waals surface area contributed by atoms with Crippen molar-refractivity contribution < 1.29 is 0 Å². The monoisotopic (exact) mass is 293 g/mol. The summed E-state index contributed by atoms with van der Waals surface area (Å²) in [4.78, 5) is 4.71. The molecule has 0 fully saturated rings. The van der Waals surface area contributed by atoms with Gasteiger partial charge in [-0.25, -0.2) is 4.98 Å². The number of benzene rings is 1. The summed E-state index contributed by atoms with van der Waals surface area (Å²) in [7, 11) is 0. The minimum Gasteiger partial charge on any atom is -0.230 e. The second kappa shape index (κ2) is 6.76. The summed E-state index contributed by atoms with van der Waals surface area (Å²) in [5.74, 6) is 2.59. The molecule has 19 heavy (non-hydrogen) atoms. The lowest BCUT2D eigenvalue weighted by atomic mass is 10.0. The number of rotatable bonds is 6. The van der Waals surface area contributed by atoms with Gasteiger partial charge in [0.1, 0.15) is 0 Å². The van der Waals surface area contributed by atoms with Crippen LogP contribution in [0.3, 0.4) is 0 Å². The van der Waals surface area contributed by atoms with Crippen LogP contribution in [0.1, 0.15) is 52.0 Å². The molecule has 2 aromatic rings. The highest BCUT2D eigenvalue weighted by molar-refractivity contribution is 8.01. The van der Waals surface area contributed by atoms with Gasteiger partial charge in [0.15, 0.2) is 4.34 Å². The predicted octanol–water partition coefficient (Wildman–Crippen LogP) is 5.95. The van der Waals surface area contributed by atoms with E-state index in [2.05, 4.69) is 45.9 Å². The fraction of sp³-hybridized carbons (Fsp3) is 0.562. The van der Waals surface area contributed by atoms with E-state index in [0.717, 1.165) is 11.4 Å². The Kier molecular flexibility index (Phi) is 5.28. The van der Waals surface area contributed by atoms with Crippen LogP contribution in [0.5, 0.6) is 0 Å². The Morgan fingerprint density at radius 2 is 2.00 bits per heavy atom. The van der Waals surface area contributed by atoms with Crippen molar-refractivity contribution in [2.24, 2.45) is 5.92 Å². The van der Waals surface area contributed by atoms with Gasteiger partial charge < -0.3 is 0 Å². The van der Waals surface area contributed by atoms with E-state index in [1.807, 2.05) is 23.1 Å². The molecule has 1 aromatic carbocycles. The SMILES string of the molecule is CC(C)CCCSc1nc2ccc(C(C)C)cc2s1. The zero-order chi connectivity index (χ0) is 13.8. The standard InChI is InChI=1S/C16H23NS2/c1-11(2)6-5-9-18-16-17-14-8-7-13(12(3)4)10-15(14)19-16/h7-8,10-12H,5-6,9H2,1-4H3. The van der Waals surface area contributed by atoms with Crippen LogP contribution in [0, 0.1) is 5.92 Å². The van der Waals surface area contributed by atoms with Crippen LogP contribution in [0.15, 0.2) is 22.5 Å². The van der Waals surface area contributed by atoms with Crippen LogP contribution in [-0.2, 0) is 0 Å². The molecule has 0 aliphatic rings. The molecule has 0 N–H and O–H groups in total. The van der Waals surface area contributed by atoms with Crippen LogP contribution in [0.25, 0.3) is 10.2 Å². The van der Waals surface area contributed by atoms with Crippen molar-refractivity contribution in [3.05, 3.63) is 23.8 Å². The lowest BCUT2D eigenvalue weighted by Gasteiger charge is -2.03. The smallest absolute Gasteiger partial charge is 0.151 e. The van der Waals surface area contributed by atoms with Crippen LogP contribution in [0.2, 0.25) is 0 Å². The van der Waals surface area contributed by atoms with E-state index in [0.29, 0.717) is 5.92 Å². The largest absolute Gasteiger partial charge is 0.230 e. The molecule has 0 aliphatic carbocycles. The fourth-order valence-corrected chi connectivity index (χ4v) is 4.14. The zero-order valence-electron chi connectivity index (χ0n) is 12.3. The summed E-state index contributed by atoms with van der Waals surface area (Å²) in [6.07, 6.45) is 2.60. The molecule has 0 amide bonds. The molecular weight excluding hydrogens is 270 g/mol. The molecule has 1 heterocycles. The second-order valence-corrected chi connectivity index (χ2v) is 8.12. The number of hydrogen-bond acceptors (Lipinski definition) is 3. The Hall–Kier alpha value is -0.540. The molecule has 0 saturated heterocycles. The summed E-state index contributed by atoms with van der Waals surface area (Å²) in [5.41, 5.74) is 2.56. The molecule has 0 saturated carbocycles. The van der Waals surface area contributed by atoms with Gasteiger partial charge in [-0.15, -0.1) is 11.3 Å². The van der Waals surface area contributed by atoms with Crippen molar-refractivity contribution in [3.8, 4) is 0 Å². The van der Waals surface area contributed by atoms with Crippen molar-refractivity contribution in [2.75, 3.05) is 5.75 Å². The Bertz CT molecular complexity index is 529. The van der Waals surface area contributed by atoms with Crippen LogP contribution in [-0.4, -0.2) is 10.7 Å². The molecular formula is C16H23NS2. The van der Waals surface area contributed by atoms with E-state index < -0.39 is 0 Å². The van der Waals surface area contributed by atoms with E-state index in [-0.39, 0.29) is 0 Å². The van der Waals surface area contributed by atoms with Gasteiger partial charge in [-0.3, -0.25) is 0 Å². The van der Waals surface area contributed by atoms with Gasteiger partial charge in [0.25, 0.3) is 0 Å². The molecule has 0 aliphatic heterocycles. The van der Waals surface area contributed by atoms with E-state index in [9.17, 15) is 0 Å². The Morgan fingerprint density at radius 3 is 2.68 bits per heavy atom. The number of hydrogen-bond donors (Lipinski definition) is 0. The summed E-state index contributed by atoms with van der Waals surface area (Å²) in [6, 6.07) is 6.68. The molecule has 0 atom stereocenters. The van der Waals surface area contributed by atoms with E-state index in [1.54, 1.807) is 0 Å². The molecule has 0 unspecified atom stereocenters. The highest BCUT2D eigenvalue weighted by Crippen LogP contribution is 2.32. The van der Waals surface area contributed by atoms with Gasteiger partial charge in [0.05, 0.1) is 10.2 Å². The fourth-order valence-electron chi connectivity index (χ4n) is 1.99. The molecule has 2 rings (SSSR count). The van der Waals surface area contributed by atoms with Crippen molar-refractivity contribution >= 4 is 33.3 Å². The molecule has 3 heteroatoms. The summed E-state index contributed by atoms with van der Waals surface area (Å²) in [5, 5.41) is 0. The Labute approximate surface area is 124 Å². The molecule has 0 radical (unpaired) electrons. The maximum Gasteiger partial charge on any atom is 0.151 e. The van der Waals surface area contributed by atoms with Crippen LogP contribution < -0.4 is 0 Å². The molecule has 0 bridgehead atoms. The number of thioether (sulfide) groups is 1. The van der Waals surface area contributed by atoms with E-state index >= 15 is 0 Å². The Morgan fingerprint density at radius 1 is 1.21 bits per heavy atom. The van der Waals surface area contributed by atoms with Gasteiger partial charge in [0, 0.05) is 5.75 Å². The van der Waals surface area contributed by atoms with Crippen molar-refractivity contribution in [3.63, 3.8) is 0 Å². The maximum atomic E-state index is 4.71. The first-order valence-corrected chi connectivity index (χ1v) is 8.89. The predicted molar refractivity (Wildman–Crippen MR) is 88.5 cm³/mol. The molecule has 1 nitrogen and oxygen atoms in total. The van der Waals surface area contributed by atoms with Crippen molar-refractivity contribution in [2.45, 2.75) is 50.8 Å². The van der Waals surface area contributed by atoms with Crippen molar-refractivity contribution in [1.29, 1.82) is 0 Å². The average molecular weight is 294 g/mol. The number of aromatic nitrogens is 1. The van der Waals surface area contributed by atoms with Gasteiger partial charge in [0.2, 0.25) is 0 Å². The average Bonchev–Trinajstić information content (AvgIpc) is 2.75. The van der Waals surface area contributed by atoms with Crippen molar-refractivity contribution in [1.82, 2.24) is 4.98 Å². The van der Waals surface area contributed by atoms with E-state index in [1.165, 1.54) is 33.2 Å². The summed E-state index contributed by atoms with van der Waals surface area (Å²) in [6.45, 7) is 9.05. The third-order valence-corrected chi connectivity index (χ3v) is 5.46. The highest BCUT2D eigenvalue weighted by atomic mass is 32.2. The van der Waals surface area contributed by atoms with E-state index in [4.69, 9.17) is 4.98 Å². The first-order valence-electron chi connectivity index (χ1n) is 7.09. The number of nitrogens with zero attached hydrogens (tertiary/aromatic N) is 1. The third kappa shape index (κ3) is 4.22. The van der Waals surface area contributed by atoms with Gasteiger partial charge in [-0.2, -0.15) is 0 Å². The number of thiazole rings is 1. The highest BCUT2D eigenvalue weighted by Gasteiger charge is 2.07. The summed E-state index contributed by atoms with van der Waals surface area (Å²) < 4.78 is 2.55. The summed E-state index contributed by atoms with van der Waals surface area (Å²) >= 11 is 3.75. The lowest BCUT2D eigenvalue weighted by Crippen LogP contribution is -1.88. The van der Waals surface area contributed by atoms with Gasteiger partial charge in [-0.05, 0) is 36.0 Å². The minimum atomic E-state index is 0.591. The third-order valence-electron chi connectivity index (χ3n) is 3.21. The van der Waals surface area contributed by atoms with Crippen LogP contribution in [0.4, 0.5) is 0 Å². The topological polar surface area (TPSA) is 12.9 Å². The maximum absolute atomic E-state index is 4.71. The quantitative estimate of drug-likeness (QED) is 0.482. The first-order chi connectivity index (χ1) is 9.06. The van der Waals surface area contributed by atoms with Gasteiger partial charge in [-0.1, -0.05) is 51.9 Å². The first kappa shape index (κ1) is 14.9. The minimum absolute atomic E-state index is 0.591. The number of fused-ring (bicyclic) bond motifs is 1. The normalized spacial score (nSPS) is 11.9. The molecule has 1 aromatic heterocycles. The molecule has 104 valence electrons. The Balaban J connectivity index is 2.01. The van der Waals surface area contributed by atoms with Gasteiger partial charge >= 0.3 is 0 Å². The zero-order valence-corrected chi connectivity index (χ0v) is 13.9. The molecule has 0 spiro atoms. The van der Waals surface area contributed by atoms with Crippen LogP contribution >= 0.6 is 23.1 Å². The lowest BCUT2D eigenvalue weighted by molar-refractivity contribution is 0.579.